The summed E-state index contributed by atoms with van der Waals surface area (Å²) in [5, 5.41) is 13.5. The Hall–Kier alpha value is -1.19. The van der Waals surface area contributed by atoms with Crippen molar-refractivity contribution < 1.29 is 4.79 Å². The molecule has 2 aromatic carbocycles. The van der Waals surface area contributed by atoms with Crippen molar-refractivity contribution >= 4 is 74.3 Å². The first-order chi connectivity index (χ1) is 15.2. The molecule has 10 heteroatoms. The maximum absolute atomic E-state index is 12.5. The van der Waals surface area contributed by atoms with E-state index in [2.05, 4.69) is 45.3 Å². The summed E-state index contributed by atoms with van der Waals surface area (Å²) in [6.07, 6.45) is 0. The molecule has 1 heterocycles. The average molecular weight is 574 g/mol. The zero-order chi connectivity index (χ0) is 23.3. The molecule has 170 valence electrons. The molecule has 0 saturated heterocycles. The Labute approximate surface area is 215 Å². The molecular formula is C22H23BrCl2N4OS2. The zero-order valence-corrected chi connectivity index (χ0v) is 22.6. The fourth-order valence-electron chi connectivity index (χ4n) is 2.93. The van der Waals surface area contributed by atoms with Gasteiger partial charge in [0, 0.05) is 33.0 Å². The second-order valence-electron chi connectivity index (χ2n) is 7.41. The third-order valence-corrected chi connectivity index (χ3v) is 7.75. The lowest BCUT2D eigenvalue weighted by Gasteiger charge is -2.14. The van der Waals surface area contributed by atoms with Crippen molar-refractivity contribution in [3.05, 3.63) is 67.9 Å². The minimum atomic E-state index is -0.0736. The molecule has 0 fully saturated rings. The van der Waals surface area contributed by atoms with Gasteiger partial charge in [-0.1, -0.05) is 70.8 Å². The van der Waals surface area contributed by atoms with Gasteiger partial charge in [0.2, 0.25) is 5.91 Å². The zero-order valence-electron chi connectivity index (χ0n) is 17.9. The van der Waals surface area contributed by atoms with Gasteiger partial charge in [-0.15, -0.1) is 22.0 Å². The number of nitrogens with one attached hydrogen (secondary N) is 1. The minimum Gasteiger partial charge on any atom is -0.325 e. The Bertz CT molecular complexity index is 1110. The van der Waals surface area contributed by atoms with Crippen LogP contribution in [0.1, 0.15) is 36.7 Å². The number of aromatic nitrogens is 3. The third-order valence-electron chi connectivity index (χ3n) is 4.67. The number of hydrogen-bond donors (Lipinski definition) is 1. The topological polar surface area (TPSA) is 59.8 Å². The lowest BCUT2D eigenvalue weighted by molar-refractivity contribution is -0.113. The fourth-order valence-corrected chi connectivity index (χ4v) is 5.60. The molecule has 0 atom stereocenters. The van der Waals surface area contributed by atoms with E-state index in [9.17, 15) is 4.79 Å². The molecule has 0 radical (unpaired) electrons. The van der Waals surface area contributed by atoms with E-state index in [1.54, 1.807) is 17.8 Å². The Balaban J connectivity index is 1.53. The maximum Gasteiger partial charge on any atom is 0.234 e. The van der Waals surface area contributed by atoms with Gasteiger partial charge in [-0.2, -0.15) is 0 Å². The minimum absolute atomic E-state index is 0.0736. The molecule has 3 rings (SSSR count). The van der Waals surface area contributed by atoms with Crippen LogP contribution in [0.3, 0.4) is 0 Å². The van der Waals surface area contributed by atoms with E-state index < -0.39 is 0 Å². The van der Waals surface area contributed by atoms with Crippen LogP contribution in [0, 0.1) is 0 Å². The van der Waals surface area contributed by atoms with Crippen LogP contribution in [0.15, 0.2) is 46.0 Å². The van der Waals surface area contributed by atoms with Crippen molar-refractivity contribution in [1.82, 2.24) is 14.8 Å². The average Bonchev–Trinajstić information content (AvgIpc) is 3.09. The molecule has 1 amide bonds. The highest BCUT2D eigenvalue weighted by atomic mass is 79.9. The van der Waals surface area contributed by atoms with Gasteiger partial charge >= 0.3 is 0 Å². The summed E-state index contributed by atoms with van der Waals surface area (Å²) in [7, 11) is 1.91. The first-order valence-corrected chi connectivity index (χ1v) is 13.6. The Kier molecular flexibility index (Phi) is 9.37. The largest absolute Gasteiger partial charge is 0.325 e. The number of hydrogen-bond acceptors (Lipinski definition) is 5. The summed E-state index contributed by atoms with van der Waals surface area (Å²) >= 11 is 18.7. The molecule has 5 nitrogen and oxygen atoms in total. The summed E-state index contributed by atoms with van der Waals surface area (Å²) in [5.41, 5.74) is 2.96. The Morgan fingerprint density at radius 1 is 1.16 bits per heavy atom. The summed E-state index contributed by atoms with van der Waals surface area (Å²) in [4.78, 5) is 12.5. The number of carbonyl (C=O) groups excluding carboxylic acids is 1. The van der Waals surface area contributed by atoms with Crippen molar-refractivity contribution in [1.29, 1.82) is 0 Å². The normalized spacial score (nSPS) is 11.2. The lowest BCUT2D eigenvalue weighted by atomic mass is 10.0. The first kappa shape index (κ1) is 25.4. The number of thioether (sulfide) groups is 2. The van der Waals surface area contributed by atoms with Crippen molar-refractivity contribution in [2.45, 2.75) is 36.4 Å². The van der Waals surface area contributed by atoms with Crippen molar-refractivity contribution in [3.8, 4) is 0 Å². The molecule has 32 heavy (non-hydrogen) atoms. The molecule has 0 aliphatic rings. The summed E-state index contributed by atoms with van der Waals surface area (Å²) in [6, 6.07) is 11.4. The number of anilines is 1. The van der Waals surface area contributed by atoms with E-state index in [-0.39, 0.29) is 11.7 Å². The van der Waals surface area contributed by atoms with Gasteiger partial charge in [0.05, 0.1) is 11.5 Å². The van der Waals surface area contributed by atoms with Gasteiger partial charge in [-0.05, 0) is 47.4 Å². The predicted octanol–water partition coefficient (Wildman–Crippen LogP) is 7.17. The fraction of sp³-hybridized carbons (Fsp3) is 0.318. The van der Waals surface area contributed by atoms with Crippen LogP contribution in [0.5, 0.6) is 0 Å². The molecule has 1 aromatic heterocycles. The van der Waals surface area contributed by atoms with E-state index in [0.717, 1.165) is 32.9 Å². The van der Waals surface area contributed by atoms with Crippen LogP contribution in [0.2, 0.25) is 10.0 Å². The third kappa shape index (κ3) is 6.90. The molecule has 0 aliphatic heterocycles. The Morgan fingerprint density at radius 2 is 1.94 bits per heavy atom. The molecule has 0 unspecified atom stereocenters. The van der Waals surface area contributed by atoms with Gasteiger partial charge in [0.25, 0.3) is 0 Å². The molecule has 0 bridgehead atoms. The van der Waals surface area contributed by atoms with Crippen LogP contribution in [0.25, 0.3) is 0 Å². The summed E-state index contributed by atoms with van der Waals surface area (Å²) in [6.45, 7) is 4.21. The van der Waals surface area contributed by atoms with Crippen LogP contribution in [-0.2, 0) is 23.3 Å². The highest BCUT2D eigenvalue weighted by Crippen LogP contribution is 2.29. The van der Waals surface area contributed by atoms with E-state index in [0.29, 0.717) is 26.9 Å². The second kappa shape index (κ2) is 11.8. The van der Waals surface area contributed by atoms with E-state index >= 15 is 0 Å². The molecule has 0 saturated carbocycles. The van der Waals surface area contributed by atoms with Crippen LogP contribution < -0.4 is 5.32 Å². The first-order valence-electron chi connectivity index (χ1n) is 9.86. The Morgan fingerprint density at radius 3 is 2.66 bits per heavy atom. The molecular weight excluding hydrogens is 551 g/mol. The van der Waals surface area contributed by atoms with Crippen molar-refractivity contribution in [2.75, 3.05) is 11.1 Å². The van der Waals surface area contributed by atoms with E-state index in [1.165, 1.54) is 11.8 Å². The number of carbonyl (C=O) groups is 1. The SMILES string of the molecule is CC(C)c1cc(Br)ccc1NC(=O)CSc1nnc(CSCc2ccc(Cl)cc2Cl)n1C. The quantitative estimate of drug-likeness (QED) is 0.275. The van der Waals surface area contributed by atoms with Crippen LogP contribution in [-0.4, -0.2) is 26.4 Å². The van der Waals surface area contributed by atoms with Gasteiger partial charge in [-0.3, -0.25) is 4.79 Å². The smallest absolute Gasteiger partial charge is 0.234 e. The van der Waals surface area contributed by atoms with Crippen molar-refractivity contribution in [3.63, 3.8) is 0 Å². The highest BCUT2D eigenvalue weighted by Gasteiger charge is 2.14. The number of halogens is 3. The molecule has 3 aromatic rings. The van der Waals surface area contributed by atoms with Gasteiger partial charge in [0.15, 0.2) is 5.16 Å². The maximum atomic E-state index is 12.5. The summed E-state index contributed by atoms with van der Waals surface area (Å²) < 4.78 is 2.92. The highest BCUT2D eigenvalue weighted by molar-refractivity contribution is 9.10. The monoisotopic (exact) mass is 572 g/mol. The number of rotatable bonds is 9. The molecule has 0 spiro atoms. The van der Waals surface area contributed by atoms with Crippen LogP contribution >= 0.6 is 62.7 Å². The number of benzene rings is 2. The van der Waals surface area contributed by atoms with E-state index in [1.807, 2.05) is 41.9 Å². The second-order valence-corrected chi connectivity index (χ2v) is 11.1. The molecule has 1 N–H and O–H groups in total. The number of nitrogens with zero attached hydrogens (tertiary/aromatic N) is 3. The predicted molar refractivity (Wildman–Crippen MR) is 140 cm³/mol. The standard InChI is InChI=1S/C22H23BrCl2N4OS2/c1-13(2)17-8-15(23)5-7-19(17)26-21(30)12-32-22-28-27-20(29(22)3)11-31-10-14-4-6-16(24)9-18(14)25/h4-9,13H,10-12H2,1-3H3,(H,26,30). The lowest BCUT2D eigenvalue weighted by Crippen LogP contribution is -2.16. The van der Waals surface area contributed by atoms with Crippen LogP contribution in [0.4, 0.5) is 5.69 Å². The van der Waals surface area contributed by atoms with Crippen molar-refractivity contribution in [2.24, 2.45) is 7.05 Å². The van der Waals surface area contributed by atoms with E-state index in [4.69, 9.17) is 23.2 Å². The number of amides is 1. The summed E-state index contributed by atoms with van der Waals surface area (Å²) in [5.74, 6) is 2.77. The van der Waals surface area contributed by atoms with Gasteiger partial charge in [-0.25, -0.2) is 0 Å². The molecule has 0 aliphatic carbocycles. The van der Waals surface area contributed by atoms with Gasteiger partial charge in [0.1, 0.15) is 5.82 Å². The van der Waals surface area contributed by atoms with Gasteiger partial charge < -0.3 is 9.88 Å².